The van der Waals surface area contributed by atoms with E-state index >= 15 is 0 Å². The van der Waals surface area contributed by atoms with Gasteiger partial charge in [-0.2, -0.15) is 0 Å². The lowest BCUT2D eigenvalue weighted by Gasteiger charge is -2.22. The Hall–Kier alpha value is -5.95. The zero-order chi connectivity index (χ0) is 34.4. The molecular weight excluding hydrogens is 665 g/mol. The van der Waals surface area contributed by atoms with E-state index < -0.39 is 0 Å². The SMILES string of the molecule is c1ccc2c(c1)COc1ccc3ccccc3c1-c1c(ccc3ccccc13)OCc1ccccc1[Si]c1c3ccccc3c(c3ccccc13)[Si]2. The molecule has 10 rings (SSSR count). The largest absolute Gasteiger partial charge is 0.488 e. The molecule has 52 heavy (non-hydrogen) atoms. The quantitative estimate of drug-likeness (QED) is 0.117. The number of hydrogen-bond acceptors (Lipinski definition) is 2. The Bertz CT molecular complexity index is 2570. The second-order valence-corrected chi connectivity index (χ2v) is 15.9. The number of ether oxygens (including phenoxy) is 2. The van der Waals surface area contributed by atoms with Crippen molar-refractivity contribution in [2.24, 2.45) is 0 Å². The highest BCUT2D eigenvalue weighted by molar-refractivity contribution is 6.77. The minimum Gasteiger partial charge on any atom is -0.488 e. The summed E-state index contributed by atoms with van der Waals surface area (Å²) in [5.74, 6) is 1.70. The van der Waals surface area contributed by atoms with E-state index in [0.29, 0.717) is 32.3 Å². The lowest BCUT2D eigenvalue weighted by Crippen LogP contribution is -2.36. The van der Waals surface area contributed by atoms with Crippen LogP contribution < -0.4 is 30.2 Å². The van der Waals surface area contributed by atoms with Crippen LogP contribution in [-0.2, 0) is 13.2 Å². The number of hydrogen-bond donors (Lipinski definition) is 0. The summed E-state index contributed by atoms with van der Waals surface area (Å²) >= 11 is 0. The molecule has 0 N–H and O–H groups in total. The van der Waals surface area contributed by atoms with Gasteiger partial charge in [-0.15, -0.1) is 0 Å². The first kappa shape index (κ1) is 30.8. The van der Waals surface area contributed by atoms with Gasteiger partial charge in [-0.05, 0) is 76.7 Å². The Kier molecular flexibility index (Phi) is 7.70. The van der Waals surface area contributed by atoms with Crippen LogP contribution in [0.15, 0.2) is 170 Å². The lowest BCUT2D eigenvalue weighted by molar-refractivity contribution is 0.304. The fourth-order valence-corrected chi connectivity index (χ4v) is 10.7. The average Bonchev–Trinajstić information content (AvgIpc) is 3.20. The van der Waals surface area contributed by atoms with Crippen LogP contribution in [0, 0.1) is 0 Å². The van der Waals surface area contributed by atoms with Crippen LogP contribution in [0.25, 0.3) is 54.2 Å². The summed E-state index contributed by atoms with van der Waals surface area (Å²) in [6.07, 6.45) is 0. The third-order valence-corrected chi connectivity index (χ3v) is 13.4. The van der Waals surface area contributed by atoms with Gasteiger partial charge >= 0.3 is 0 Å². The summed E-state index contributed by atoms with van der Waals surface area (Å²) in [5, 5.41) is 15.3. The number of benzene rings is 9. The molecule has 0 saturated heterocycles. The molecule has 2 bridgehead atoms. The molecule has 9 aromatic rings. The maximum Gasteiger partial charge on any atom is 0.128 e. The summed E-state index contributed by atoms with van der Waals surface area (Å²) in [4.78, 5) is 0. The van der Waals surface area contributed by atoms with Crippen LogP contribution in [0.5, 0.6) is 11.5 Å². The Labute approximate surface area is 307 Å². The van der Waals surface area contributed by atoms with Gasteiger partial charge in [0.25, 0.3) is 0 Å². The third-order valence-electron chi connectivity index (χ3n) is 10.3. The molecule has 9 aromatic carbocycles. The van der Waals surface area contributed by atoms with Crippen molar-refractivity contribution in [2.75, 3.05) is 0 Å². The van der Waals surface area contributed by atoms with Gasteiger partial charge in [0.2, 0.25) is 0 Å². The van der Waals surface area contributed by atoms with Crippen molar-refractivity contribution in [3.05, 3.63) is 181 Å². The fraction of sp³-hybridized carbons (Fsp3) is 0.0417. The highest BCUT2D eigenvalue weighted by atomic mass is 28.2. The van der Waals surface area contributed by atoms with Crippen molar-refractivity contribution < 1.29 is 9.47 Å². The Morgan fingerprint density at radius 1 is 0.327 bits per heavy atom. The van der Waals surface area contributed by atoms with Crippen LogP contribution in [-0.4, -0.2) is 19.0 Å². The van der Waals surface area contributed by atoms with Crippen molar-refractivity contribution in [1.29, 1.82) is 0 Å². The van der Waals surface area contributed by atoms with E-state index in [4.69, 9.17) is 9.47 Å². The smallest absolute Gasteiger partial charge is 0.128 e. The molecule has 1 heterocycles. The van der Waals surface area contributed by atoms with Gasteiger partial charge in [0.15, 0.2) is 0 Å². The first-order chi connectivity index (χ1) is 25.8. The third kappa shape index (κ3) is 5.31. The molecule has 0 spiro atoms. The van der Waals surface area contributed by atoms with Crippen molar-refractivity contribution in [1.82, 2.24) is 0 Å². The molecule has 244 valence electrons. The predicted octanol–water partition coefficient (Wildman–Crippen LogP) is 8.75. The highest BCUT2D eigenvalue weighted by Crippen LogP contribution is 2.46. The molecule has 1 aliphatic heterocycles. The molecule has 1 aliphatic rings. The number of rotatable bonds is 0. The summed E-state index contributed by atoms with van der Waals surface area (Å²) < 4.78 is 14.0. The van der Waals surface area contributed by atoms with E-state index in [0.717, 1.165) is 33.4 Å². The van der Waals surface area contributed by atoms with Gasteiger partial charge < -0.3 is 9.47 Å². The van der Waals surface area contributed by atoms with Gasteiger partial charge in [-0.3, -0.25) is 0 Å². The summed E-state index contributed by atoms with van der Waals surface area (Å²) in [6.45, 7) is 0.913. The first-order valence-electron chi connectivity index (χ1n) is 17.7. The zero-order valence-electron chi connectivity index (χ0n) is 28.4. The van der Waals surface area contributed by atoms with Crippen molar-refractivity contribution in [2.45, 2.75) is 13.2 Å². The average molecular weight is 697 g/mol. The Morgan fingerprint density at radius 3 is 1.10 bits per heavy atom. The van der Waals surface area contributed by atoms with Crippen LogP contribution in [0.2, 0.25) is 0 Å². The number of fused-ring (bicyclic) bond motifs is 12. The van der Waals surface area contributed by atoms with Crippen LogP contribution in [0.3, 0.4) is 0 Å². The molecule has 0 saturated carbocycles. The van der Waals surface area contributed by atoms with Gasteiger partial charge in [0.05, 0.1) is 0 Å². The minimum absolute atomic E-state index is 0.457. The minimum atomic E-state index is 0.457. The van der Waals surface area contributed by atoms with E-state index in [-0.39, 0.29) is 0 Å². The maximum absolute atomic E-state index is 6.98. The topological polar surface area (TPSA) is 18.5 Å². The van der Waals surface area contributed by atoms with Gasteiger partial charge in [0.1, 0.15) is 43.8 Å². The maximum atomic E-state index is 6.98. The van der Waals surface area contributed by atoms with Gasteiger partial charge in [-0.1, -0.05) is 168 Å². The molecular formula is C48H32O2Si2. The van der Waals surface area contributed by atoms with Gasteiger partial charge in [-0.25, -0.2) is 0 Å². The van der Waals surface area contributed by atoms with Crippen molar-refractivity contribution >= 4 is 82.9 Å². The van der Waals surface area contributed by atoms with E-state index in [1.807, 2.05) is 0 Å². The van der Waals surface area contributed by atoms with Crippen LogP contribution >= 0.6 is 0 Å². The van der Waals surface area contributed by atoms with E-state index in [1.165, 1.54) is 64.2 Å². The standard InChI is InChI=1S/C48H32O2Si2/c1-5-17-35-31(13-1)25-27-41-45(35)46-36-18-6-2-14-32(36)26-28-42(46)50-30-34-16-4-12-24-44(34)52-48-39-21-9-7-19-37(39)47(38-20-8-10-22-40(38)48)51-43-23-11-3-15-33(43)29-49-41/h1-28H,29-30H2. The second kappa shape index (κ2) is 13.0. The molecule has 2 nitrogen and oxygen atoms in total. The summed E-state index contributed by atoms with van der Waals surface area (Å²) in [6, 6.07) is 61.5. The first-order valence-corrected chi connectivity index (χ1v) is 19.7. The highest BCUT2D eigenvalue weighted by Gasteiger charge is 2.22. The van der Waals surface area contributed by atoms with E-state index in [1.54, 1.807) is 0 Å². The van der Waals surface area contributed by atoms with Crippen LogP contribution in [0.1, 0.15) is 11.1 Å². The molecule has 0 unspecified atom stereocenters. The van der Waals surface area contributed by atoms with E-state index in [9.17, 15) is 0 Å². The Morgan fingerprint density at radius 2 is 0.673 bits per heavy atom. The van der Waals surface area contributed by atoms with Crippen molar-refractivity contribution in [3.8, 4) is 22.6 Å². The molecule has 4 heteroatoms. The molecule has 0 atom stereocenters. The summed E-state index contributed by atoms with van der Waals surface area (Å²) in [7, 11) is 0.933. The molecule has 4 radical (unpaired) electrons. The monoisotopic (exact) mass is 696 g/mol. The zero-order valence-corrected chi connectivity index (χ0v) is 30.4. The molecule has 0 amide bonds. The Balaban J connectivity index is 1.25. The normalized spacial score (nSPS) is 13.0. The van der Waals surface area contributed by atoms with Crippen molar-refractivity contribution in [3.63, 3.8) is 0 Å². The molecule has 0 aliphatic carbocycles. The van der Waals surface area contributed by atoms with Crippen LogP contribution in [0.4, 0.5) is 0 Å². The second-order valence-electron chi connectivity index (χ2n) is 13.3. The van der Waals surface area contributed by atoms with Gasteiger partial charge in [0, 0.05) is 11.1 Å². The molecule has 0 aromatic heterocycles. The fourth-order valence-electron chi connectivity index (χ4n) is 7.77. The molecule has 0 fully saturated rings. The summed E-state index contributed by atoms with van der Waals surface area (Å²) in [5.41, 5.74) is 4.52. The van der Waals surface area contributed by atoms with E-state index in [2.05, 4.69) is 170 Å². The lowest BCUT2D eigenvalue weighted by atomic mass is 9.92. The predicted molar refractivity (Wildman–Crippen MR) is 220 cm³/mol.